The van der Waals surface area contributed by atoms with E-state index in [-0.39, 0.29) is 5.54 Å². The molecule has 0 radical (unpaired) electrons. The highest BCUT2D eigenvalue weighted by molar-refractivity contribution is 5.48. The summed E-state index contributed by atoms with van der Waals surface area (Å²) in [6, 6.07) is 6.24. The fourth-order valence-electron chi connectivity index (χ4n) is 2.30. The van der Waals surface area contributed by atoms with Crippen molar-refractivity contribution in [3.8, 4) is 0 Å². The highest BCUT2D eigenvalue weighted by Gasteiger charge is 2.14. The zero-order valence-corrected chi connectivity index (χ0v) is 14.0. The summed E-state index contributed by atoms with van der Waals surface area (Å²) < 4.78 is 0. The molecule has 0 saturated carbocycles. The lowest BCUT2D eigenvalue weighted by Crippen LogP contribution is -2.31. The Balaban J connectivity index is 2.84. The van der Waals surface area contributed by atoms with Crippen LogP contribution in [-0.4, -0.2) is 23.6 Å². The van der Waals surface area contributed by atoms with Crippen LogP contribution >= 0.6 is 0 Å². The second-order valence-corrected chi connectivity index (χ2v) is 6.48. The molecule has 1 aromatic heterocycles. The number of anilines is 2. The maximum absolute atomic E-state index is 4.77. The van der Waals surface area contributed by atoms with Crippen molar-refractivity contribution in [2.24, 2.45) is 5.92 Å². The lowest BCUT2D eigenvalue weighted by molar-refractivity contribution is 0.484. The number of nitrogens with one attached hydrogen (secondary N) is 1. The fourth-order valence-corrected chi connectivity index (χ4v) is 2.30. The molecule has 0 bridgehead atoms. The first-order valence-corrected chi connectivity index (χ1v) is 7.89. The van der Waals surface area contributed by atoms with E-state index in [0.29, 0.717) is 0 Å². The van der Waals surface area contributed by atoms with Gasteiger partial charge in [0.1, 0.15) is 11.6 Å². The van der Waals surface area contributed by atoms with Crippen molar-refractivity contribution in [2.45, 2.75) is 59.9 Å². The zero-order valence-electron chi connectivity index (χ0n) is 14.0. The Morgan fingerprint density at radius 3 is 2.30 bits per heavy atom. The first-order valence-electron chi connectivity index (χ1n) is 7.89. The summed E-state index contributed by atoms with van der Waals surface area (Å²) in [6.45, 7) is 15.3. The van der Waals surface area contributed by atoms with Gasteiger partial charge < -0.3 is 10.2 Å². The van der Waals surface area contributed by atoms with Crippen LogP contribution in [0.1, 0.15) is 54.4 Å². The van der Waals surface area contributed by atoms with Crippen molar-refractivity contribution in [1.29, 1.82) is 0 Å². The molecule has 0 aliphatic heterocycles. The highest BCUT2D eigenvalue weighted by atomic mass is 15.2. The second-order valence-electron chi connectivity index (χ2n) is 6.48. The van der Waals surface area contributed by atoms with E-state index in [2.05, 4.69) is 63.9 Å². The monoisotopic (exact) mass is 277 g/mol. The van der Waals surface area contributed by atoms with E-state index < -0.39 is 0 Å². The van der Waals surface area contributed by atoms with Gasteiger partial charge in [-0.2, -0.15) is 0 Å². The van der Waals surface area contributed by atoms with Gasteiger partial charge >= 0.3 is 0 Å². The van der Waals surface area contributed by atoms with Gasteiger partial charge in [-0.05, 0) is 45.7 Å². The largest absolute Gasteiger partial charge is 0.365 e. The van der Waals surface area contributed by atoms with Crippen LogP contribution in [0.15, 0.2) is 18.2 Å². The molecule has 3 heteroatoms. The van der Waals surface area contributed by atoms with Gasteiger partial charge in [0.2, 0.25) is 0 Å². The minimum absolute atomic E-state index is 0.0397. The van der Waals surface area contributed by atoms with Gasteiger partial charge in [0.25, 0.3) is 0 Å². The average Bonchev–Trinajstić information content (AvgIpc) is 2.38. The number of pyridine rings is 1. The lowest BCUT2D eigenvalue weighted by atomic mass is 10.0. The van der Waals surface area contributed by atoms with Crippen molar-refractivity contribution >= 4 is 11.6 Å². The van der Waals surface area contributed by atoms with Crippen LogP contribution in [0.4, 0.5) is 11.6 Å². The molecular weight excluding hydrogens is 246 g/mol. The molecule has 1 rings (SSSR count). The van der Waals surface area contributed by atoms with Gasteiger partial charge in [-0.25, -0.2) is 4.98 Å². The molecule has 0 unspecified atom stereocenters. The average molecular weight is 277 g/mol. The summed E-state index contributed by atoms with van der Waals surface area (Å²) in [5.74, 6) is 2.78. The number of hydrogen-bond donors (Lipinski definition) is 1. The predicted octanol–water partition coefficient (Wildman–Crippen LogP) is 4.55. The van der Waals surface area contributed by atoms with Crippen LogP contribution < -0.4 is 10.2 Å². The smallest absolute Gasteiger partial charge is 0.130 e. The van der Waals surface area contributed by atoms with Gasteiger partial charge in [-0.1, -0.05) is 32.8 Å². The van der Waals surface area contributed by atoms with Crippen molar-refractivity contribution < 1.29 is 0 Å². The van der Waals surface area contributed by atoms with E-state index in [1.165, 1.54) is 12.8 Å². The van der Waals surface area contributed by atoms with Crippen molar-refractivity contribution in [2.75, 3.05) is 23.3 Å². The summed E-state index contributed by atoms with van der Waals surface area (Å²) in [5.41, 5.74) is 0.0397. The van der Waals surface area contributed by atoms with Gasteiger partial charge in [0, 0.05) is 18.6 Å². The molecule has 3 nitrogen and oxygen atoms in total. The Morgan fingerprint density at radius 1 is 1.15 bits per heavy atom. The van der Waals surface area contributed by atoms with Crippen LogP contribution in [0.2, 0.25) is 0 Å². The summed E-state index contributed by atoms with van der Waals surface area (Å²) in [4.78, 5) is 7.15. The van der Waals surface area contributed by atoms with Crippen molar-refractivity contribution in [1.82, 2.24) is 4.98 Å². The molecule has 114 valence electrons. The summed E-state index contributed by atoms with van der Waals surface area (Å²) >= 11 is 0. The van der Waals surface area contributed by atoms with Gasteiger partial charge in [0.15, 0.2) is 0 Å². The molecule has 0 aliphatic carbocycles. The molecule has 0 fully saturated rings. The first kappa shape index (κ1) is 16.8. The Bertz CT molecular complexity index is 391. The van der Waals surface area contributed by atoms with Crippen LogP contribution in [0.5, 0.6) is 0 Å². The maximum Gasteiger partial charge on any atom is 0.130 e. The maximum atomic E-state index is 4.77. The fraction of sp³-hybridized carbons (Fsp3) is 0.706. The quantitative estimate of drug-likeness (QED) is 0.792. The van der Waals surface area contributed by atoms with E-state index in [1.54, 1.807) is 0 Å². The SMILES string of the molecule is CCC(CC)CN(CC)c1cccc(NC(C)(C)C)n1. The van der Waals surface area contributed by atoms with E-state index >= 15 is 0 Å². The Labute approximate surface area is 124 Å². The molecule has 0 amide bonds. The third kappa shape index (κ3) is 5.40. The third-order valence-corrected chi connectivity index (χ3v) is 3.58. The van der Waals surface area contributed by atoms with E-state index in [9.17, 15) is 0 Å². The number of nitrogens with zero attached hydrogens (tertiary/aromatic N) is 2. The first-order chi connectivity index (χ1) is 9.39. The molecular formula is C17H31N3. The van der Waals surface area contributed by atoms with Gasteiger partial charge in [0.05, 0.1) is 0 Å². The summed E-state index contributed by atoms with van der Waals surface area (Å²) in [6.07, 6.45) is 2.46. The van der Waals surface area contributed by atoms with Gasteiger partial charge in [-0.3, -0.25) is 0 Å². The Kier molecular flexibility index (Phi) is 6.31. The molecule has 1 heterocycles. The zero-order chi connectivity index (χ0) is 15.2. The van der Waals surface area contributed by atoms with E-state index in [1.807, 2.05) is 6.07 Å². The highest BCUT2D eigenvalue weighted by Crippen LogP contribution is 2.20. The van der Waals surface area contributed by atoms with E-state index in [4.69, 9.17) is 4.98 Å². The Hall–Kier alpha value is -1.25. The predicted molar refractivity (Wildman–Crippen MR) is 89.6 cm³/mol. The molecule has 0 atom stereocenters. The topological polar surface area (TPSA) is 28.2 Å². The number of aromatic nitrogens is 1. The van der Waals surface area contributed by atoms with Crippen molar-refractivity contribution in [3.05, 3.63) is 18.2 Å². The minimum Gasteiger partial charge on any atom is -0.365 e. The Morgan fingerprint density at radius 2 is 1.80 bits per heavy atom. The summed E-state index contributed by atoms with van der Waals surface area (Å²) in [7, 11) is 0. The molecule has 1 aromatic rings. The standard InChI is InChI=1S/C17H31N3/c1-7-14(8-2)13-20(9-3)16-12-10-11-15(18-16)19-17(4,5)6/h10-12,14H,7-9,13H2,1-6H3,(H,18,19). The van der Waals surface area contributed by atoms with Crippen molar-refractivity contribution in [3.63, 3.8) is 0 Å². The number of rotatable bonds is 7. The molecule has 1 N–H and O–H groups in total. The molecule has 0 spiro atoms. The second kappa shape index (κ2) is 7.51. The number of hydrogen-bond acceptors (Lipinski definition) is 3. The third-order valence-electron chi connectivity index (χ3n) is 3.58. The molecule has 0 aliphatic rings. The van der Waals surface area contributed by atoms with Crippen LogP contribution in [-0.2, 0) is 0 Å². The van der Waals surface area contributed by atoms with E-state index in [0.717, 1.165) is 30.6 Å². The van der Waals surface area contributed by atoms with Crippen LogP contribution in [0.25, 0.3) is 0 Å². The molecule has 0 saturated heterocycles. The van der Waals surface area contributed by atoms with Crippen LogP contribution in [0.3, 0.4) is 0 Å². The summed E-state index contributed by atoms with van der Waals surface area (Å²) in [5, 5.41) is 3.44. The van der Waals surface area contributed by atoms with Crippen LogP contribution in [0, 0.1) is 5.92 Å². The minimum atomic E-state index is 0.0397. The molecule has 0 aromatic carbocycles. The molecule has 20 heavy (non-hydrogen) atoms. The lowest BCUT2D eigenvalue weighted by Gasteiger charge is -2.28. The van der Waals surface area contributed by atoms with Gasteiger partial charge in [-0.15, -0.1) is 0 Å². The normalized spacial score (nSPS) is 11.8.